The van der Waals surface area contributed by atoms with Gasteiger partial charge in [0.2, 0.25) is 0 Å². The molecule has 1 saturated heterocycles. The lowest BCUT2D eigenvalue weighted by molar-refractivity contribution is 0.0598. The summed E-state index contributed by atoms with van der Waals surface area (Å²) in [6, 6.07) is 1.72. The first-order valence-corrected chi connectivity index (χ1v) is 6.87. The molecule has 0 unspecified atom stereocenters. The molecular weight excluding hydrogens is 282 g/mol. The Morgan fingerprint density at radius 2 is 2.18 bits per heavy atom. The van der Waals surface area contributed by atoms with Crippen LogP contribution in [-0.4, -0.2) is 23.9 Å². The molecule has 1 aliphatic rings. The Balaban J connectivity index is 2.02. The minimum Gasteiger partial charge on any atom is -0.457 e. The lowest BCUT2D eigenvalue weighted by Gasteiger charge is -2.38. The summed E-state index contributed by atoms with van der Waals surface area (Å²) in [5, 5.41) is 0. The highest BCUT2D eigenvalue weighted by Crippen LogP contribution is 2.34. The SMILES string of the molecule is CCC1(C)CCN(C(=O)c2ccoc2Br)CC1. The van der Waals surface area contributed by atoms with E-state index in [2.05, 4.69) is 29.8 Å². The van der Waals surface area contributed by atoms with Crippen molar-refractivity contribution >= 4 is 21.8 Å². The molecule has 1 amide bonds. The zero-order valence-electron chi connectivity index (χ0n) is 10.3. The molecular formula is C13H18BrNO2. The Bertz CT molecular complexity index is 405. The van der Waals surface area contributed by atoms with Crippen molar-refractivity contribution in [3.8, 4) is 0 Å². The van der Waals surface area contributed by atoms with Crippen LogP contribution >= 0.6 is 15.9 Å². The van der Waals surface area contributed by atoms with Crippen LogP contribution in [0, 0.1) is 5.41 Å². The molecule has 2 heterocycles. The predicted molar refractivity (Wildman–Crippen MR) is 69.9 cm³/mol. The summed E-state index contributed by atoms with van der Waals surface area (Å²) in [6.45, 7) is 6.23. The number of rotatable bonds is 2. The van der Waals surface area contributed by atoms with Crippen LogP contribution in [0.5, 0.6) is 0 Å². The van der Waals surface area contributed by atoms with Crippen molar-refractivity contribution in [1.82, 2.24) is 4.90 Å². The van der Waals surface area contributed by atoms with E-state index in [9.17, 15) is 4.79 Å². The van der Waals surface area contributed by atoms with Gasteiger partial charge in [0, 0.05) is 13.1 Å². The molecule has 4 heteroatoms. The topological polar surface area (TPSA) is 33.5 Å². The van der Waals surface area contributed by atoms with Crippen molar-refractivity contribution in [1.29, 1.82) is 0 Å². The molecule has 1 aromatic rings. The Morgan fingerprint density at radius 3 is 2.65 bits per heavy atom. The fraction of sp³-hybridized carbons (Fsp3) is 0.615. The van der Waals surface area contributed by atoms with Crippen LogP contribution in [-0.2, 0) is 0 Å². The quantitative estimate of drug-likeness (QED) is 0.834. The van der Waals surface area contributed by atoms with Gasteiger partial charge in [-0.3, -0.25) is 4.79 Å². The monoisotopic (exact) mass is 299 g/mol. The summed E-state index contributed by atoms with van der Waals surface area (Å²) in [4.78, 5) is 14.1. The number of likely N-dealkylation sites (tertiary alicyclic amines) is 1. The smallest absolute Gasteiger partial charge is 0.258 e. The molecule has 0 aromatic carbocycles. The summed E-state index contributed by atoms with van der Waals surface area (Å²) in [7, 11) is 0. The maximum absolute atomic E-state index is 12.2. The van der Waals surface area contributed by atoms with E-state index in [1.165, 1.54) is 12.7 Å². The Labute approximate surface area is 110 Å². The molecule has 0 spiro atoms. The summed E-state index contributed by atoms with van der Waals surface area (Å²) < 4.78 is 5.64. The Morgan fingerprint density at radius 1 is 1.53 bits per heavy atom. The number of furan rings is 1. The van der Waals surface area contributed by atoms with E-state index in [-0.39, 0.29) is 5.91 Å². The summed E-state index contributed by atoms with van der Waals surface area (Å²) in [5.41, 5.74) is 1.04. The van der Waals surface area contributed by atoms with E-state index in [0.29, 0.717) is 15.6 Å². The molecule has 2 rings (SSSR count). The number of hydrogen-bond acceptors (Lipinski definition) is 2. The third-order valence-corrected chi connectivity index (χ3v) is 4.57. The van der Waals surface area contributed by atoms with Crippen molar-refractivity contribution in [2.24, 2.45) is 5.41 Å². The van der Waals surface area contributed by atoms with Crippen molar-refractivity contribution < 1.29 is 9.21 Å². The summed E-state index contributed by atoms with van der Waals surface area (Å²) >= 11 is 3.26. The zero-order valence-corrected chi connectivity index (χ0v) is 11.9. The molecule has 0 atom stereocenters. The lowest BCUT2D eigenvalue weighted by atomic mass is 9.78. The summed E-state index contributed by atoms with van der Waals surface area (Å²) in [6.07, 6.45) is 4.90. The van der Waals surface area contributed by atoms with Gasteiger partial charge in [-0.15, -0.1) is 0 Å². The molecule has 3 nitrogen and oxygen atoms in total. The third kappa shape index (κ3) is 2.57. The standard InChI is InChI=1S/C13H18BrNO2/c1-3-13(2)5-7-15(8-6-13)12(16)10-4-9-17-11(10)14/h4,9H,3,5-8H2,1-2H3. The van der Waals surface area contributed by atoms with Crippen LogP contribution in [0.2, 0.25) is 0 Å². The van der Waals surface area contributed by atoms with Crippen LogP contribution < -0.4 is 0 Å². The number of piperidine rings is 1. The van der Waals surface area contributed by atoms with Gasteiger partial charge >= 0.3 is 0 Å². The largest absolute Gasteiger partial charge is 0.457 e. The first kappa shape index (κ1) is 12.7. The van der Waals surface area contributed by atoms with Gasteiger partial charge in [-0.1, -0.05) is 20.3 Å². The van der Waals surface area contributed by atoms with Gasteiger partial charge in [-0.05, 0) is 40.3 Å². The van der Waals surface area contributed by atoms with Crippen molar-refractivity contribution in [3.63, 3.8) is 0 Å². The van der Waals surface area contributed by atoms with Crippen LogP contribution in [0.3, 0.4) is 0 Å². The fourth-order valence-electron chi connectivity index (χ4n) is 2.22. The maximum atomic E-state index is 12.2. The molecule has 94 valence electrons. The van der Waals surface area contributed by atoms with Gasteiger partial charge in [-0.25, -0.2) is 0 Å². The molecule has 0 N–H and O–H groups in total. The van der Waals surface area contributed by atoms with Crippen LogP contribution in [0.4, 0.5) is 0 Å². The molecule has 1 fully saturated rings. The van der Waals surface area contributed by atoms with Crippen LogP contribution in [0.1, 0.15) is 43.5 Å². The van der Waals surface area contributed by atoms with E-state index in [1.807, 2.05) is 4.90 Å². The van der Waals surface area contributed by atoms with E-state index in [4.69, 9.17) is 4.42 Å². The second-order valence-corrected chi connectivity index (χ2v) is 5.78. The zero-order chi connectivity index (χ0) is 12.5. The van der Waals surface area contributed by atoms with Gasteiger partial charge in [-0.2, -0.15) is 0 Å². The minimum absolute atomic E-state index is 0.0729. The second kappa shape index (κ2) is 4.84. The van der Waals surface area contributed by atoms with E-state index < -0.39 is 0 Å². The number of carbonyl (C=O) groups excluding carboxylic acids is 1. The van der Waals surface area contributed by atoms with E-state index in [0.717, 1.165) is 25.9 Å². The van der Waals surface area contributed by atoms with E-state index >= 15 is 0 Å². The average molecular weight is 300 g/mol. The molecule has 17 heavy (non-hydrogen) atoms. The van der Waals surface area contributed by atoms with Crippen LogP contribution in [0.25, 0.3) is 0 Å². The maximum Gasteiger partial charge on any atom is 0.258 e. The Hall–Kier alpha value is -0.770. The van der Waals surface area contributed by atoms with Gasteiger partial charge in [0.25, 0.3) is 5.91 Å². The third-order valence-electron chi connectivity index (χ3n) is 3.96. The number of amides is 1. The van der Waals surface area contributed by atoms with Crippen molar-refractivity contribution in [2.75, 3.05) is 13.1 Å². The number of halogens is 1. The predicted octanol–water partition coefficient (Wildman–Crippen LogP) is 3.69. The highest BCUT2D eigenvalue weighted by molar-refractivity contribution is 9.10. The fourth-order valence-corrected chi connectivity index (χ4v) is 2.63. The van der Waals surface area contributed by atoms with Gasteiger partial charge in [0.05, 0.1) is 11.8 Å². The molecule has 1 aliphatic heterocycles. The van der Waals surface area contributed by atoms with Gasteiger partial charge in [0.15, 0.2) is 4.67 Å². The molecule has 1 aromatic heterocycles. The first-order valence-electron chi connectivity index (χ1n) is 6.08. The van der Waals surface area contributed by atoms with Crippen LogP contribution in [0.15, 0.2) is 21.4 Å². The number of hydrogen-bond donors (Lipinski definition) is 0. The highest BCUT2D eigenvalue weighted by atomic mass is 79.9. The van der Waals surface area contributed by atoms with E-state index in [1.54, 1.807) is 6.07 Å². The molecule has 0 radical (unpaired) electrons. The normalized spacial score (nSPS) is 19.4. The lowest BCUT2D eigenvalue weighted by Crippen LogP contribution is -2.41. The molecule has 0 aliphatic carbocycles. The first-order chi connectivity index (χ1) is 8.06. The molecule has 0 bridgehead atoms. The second-order valence-electron chi connectivity index (χ2n) is 5.06. The van der Waals surface area contributed by atoms with Crippen molar-refractivity contribution in [3.05, 3.63) is 22.6 Å². The number of carbonyl (C=O) groups is 1. The van der Waals surface area contributed by atoms with Crippen molar-refractivity contribution in [2.45, 2.75) is 33.1 Å². The summed E-state index contributed by atoms with van der Waals surface area (Å²) in [5.74, 6) is 0.0729. The van der Waals surface area contributed by atoms with Gasteiger partial charge in [0.1, 0.15) is 0 Å². The van der Waals surface area contributed by atoms with Gasteiger partial charge < -0.3 is 9.32 Å². The Kier molecular flexibility index (Phi) is 3.61. The molecule has 0 saturated carbocycles. The number of nitrogens with zero attached hydrogens (tertiary/aromatic N) is 1. The minimum atomic E-state index is 0.0729. The average Bonchev–Trinajstić information content (AvgIpc) is 2.76. The highest BCUT2D eigenvalue weighted by Gasteiger charge is 2.31.